The minimum absolute atomic E-state index is 0.165. The van der Waals surface area contributed by atoms with Crippen LogP contribution in [0.15, 0.2) is 30.3 Å². The summed E-state index contributed by atoms with van der Waals surface area (Å²) in [6.07, 6.45) is 1.52. The van der Waals surface area contributed by atoms with Crippen molar-refractivity contribution in [2.24, 2.45) is 5.73 Å². The van der Waals surface area contributed by atoms with Gasteiger partial charge >= 0.3 is 0 Å². The van der Waals surface area contributed by atoms with Crippen LogP contribution < -0.4 is 5.73 Å². The van der Waals surface area contributed by atoms with Gasteiger partial charge in [-0.25, -0.2) is 22.0 Å². The molecule has 1 radical (unpaired) electrons. The van der Waals surface area contributed by atoms with E-state index < -0.39 is 47.1 Å². The molecule has 1 aromatic heterocycles. The van der Waals surface area contributed by atoms with Crippen molar-refractivity contribution in [1.82, 2.24) is 4.57 Å². The number of aryl methyl sites for hydroxylation is 1. The van der Waals surface area contributed by atoms with Crippen molar-refractivity contribution in [2.45, 2.75) is 26.3 Å². The second kappa shape index (κ2) is 7.68. The fraction of sp³-hybridized carbons (Fsp3) is 0.174. The largest absolute Gasteiger partial charge is 0.366 e. The summed E-state index contributed by atoms with van der Waals surface area (Å²) >= 11 is 0. The van der Waals surface area contributed by atoms with Gasteiger partial charge < -0.3 is 10.3 Å². The third-order valence-corrected chi connectivity index (χ3v) is 5.28. The highest BCUT2D eigenvalue weighted by Crippen LogP contribution is 2.34. The summed E-state index contributed by atoms with van der Waals surface area (Å²) < 4.78 is 71.2. The maximum Gasteiger partial charge on any atom is 0.249 e. The number of hydrogen-bond acceptors (Lipinski definition) is 1. The first kappa shape index (κ1) is 20.8. The van der Waals surface area contributed by atoms with Crippen LogP contribution in [0.25, 0.3) is 21.8 Å². The molecule has 0 aliphatic rings. The fourth-order valence-corrected chi connectivity index (χ4v) is 3.85. The Balaban J connectivity index is 2.07. The first-order valence-electron chi connectivity index (χ1n) is 9.51. The summed E-state index contributed by atoms with van der Waals surface area (Å²) in [6.45, 7) is 1.33. The zero-order valence-corrected chi connectivity index (χ0v) is 16.3. The van der Waals surface area contributed by atoms with Crippen LogP contribution >= 0.6 is 0 Å². The van der Waals surface area contributed by atoms with Crippen molar-refractivity contribution < 1.29 is 26.7 Å². The van der Waals surface area contributed by atoms with E-state index in [0.29, 0.717) is 28.2 Å². The molecule has 0 bridgehead atoms. The topological polar surface area (TPSA) is 48.0 Å². The highest BCUT2D eigenvalue weighted by molar-refractivity contribution is 6.17. The third kappa shape index (κ3) is 3.22. The van der Waals surface area contributed by atoms with E-state index in [0.717, 1.165) is 12.0 Å². The standard InChI is InChI=1S/C23H16F5N2O/c1-2-4-11-7-8-12-16(9-11)30(15-6-3-5-13(17(12)15)23(29)31)10-14-18(24)20(26)22(28)21(27)19(14)25/h3,5-7,9H,2,4,10H2,1H3,(H2,29,31). The summed E-state index contributed by atoms with van der Waals surface area (Å²) in [7, 11) is 0. The molecule has 0 fully saturated rings. The number of benzene rings is 3. The van der Waals surface area contributed by atoms with Crippen LogP contribution in [0.4, 0.5) is 22.0 Å². The summed E-state index contributed by atoms with van der Waals surface area (Å²) in [5.41, 5.74) is 6.36. The molecule has 1 amide bonds. The van der Waals surface area contributed by atoms with E-state index in [2.05, 4.69) is 6.07 Å². The number of hydrogen-bond donors (Lipinski definition) is 1. The Kier molecular flexibility index (Phi) is 5.16. The van der Waals surface area contributed by atoms with Crippen LogP contribution in [0.3, 0.4) is 0 Å². The zero-order valence-electron chi connectivity index (χ0n) is 16.3. The second-order valence-corrected chi connectivity index (χ2v) is 7.22. The van der Waals surface area contributed by atoms with Crippen LogP contribution in [0, 0.1) is 35.2 Å². The summed E-state index contributed by atoms with van der Waals surface area (Å²) in [4.78, 5) is 12.0. The lowest BCUT2D eigenvalue weighted by Gasteiger charge is -2.12. The first-order chi connectivity index (χ1) is 14.8. The van der Waals surface area contributed by atoms with Crippen LogP contribution in [0.1, 0.15) is 34.8 Å². The van der Waals surface area contributed by atoms with Crippen LogP contribution in [0.5, 0.6) is 0 Å². The molecule has 4 aromatic rings. The zero-order chi connectivity index (χ0) is 22.4. The SMILES string of the molecule is CCCc1c[c]c2c3c(C(N)=O)cccc3n(Cc3c(F)c(F)c(F)c(F)c3F)c2c1. The van der Waals surface area contributed by atoms with Crippen molar-refractivity contribution in [3.05, 3.63) is 82.2 Å². The quantitative estimate of drug-likeness (QED) is 0.257. The van der Waals surface area contributed by atoms with Gasteiger partial charge in [-0.1, -0.05) is 25.5 Å². The Morgan fingerprint density at radius 3 is 2.26 bits per heavy atom. The molecule has 2 N–H and O–H groups in total. The number of carbonyl (C=O) groups excluding carboxylic acids is 1. The van der Waals surface area contributed by atoms with Crippen LogP contribution in [0.2, 0.25) is 0 Å². The Labute approximate surface area is 173 Å². The number of primary amides is 1. The van der Waals surface area contributed by atoms with E-state index in [1.54, 1.807) is 18.2 Å². The molecule has 0 spiro atoms. The Bertz CT molecular complexity index is 1330. The normalized spacial score (nSPS) is 11.5. The lowest BCUT2D eigenvalue weighted by Crippen LogP contribution is -2.12. The third-order valence-electron chi connectivity index (χ3n) is 5.28. The van der Waals surface area contributed by atoms with Crippen molar-refractivity contribution >= 4 is 27.7 Å². The van der Waals surface area contributed by atoms with Gasteiger partial charge in [0.1, 0.15) is 0 Å². The van der Waals surface area contributed by atoms with Gasteiger partial charge in [-0.2, -0.15) is 0 Å². The van der Waals surface area contributed by atoms with Crippen molar-refractivity contribution in [3.63, 3.8) is 0 Å². The van der Waals surface area contributed by atoms with E-state index in [9.17, 15) is 26.7 Å². The van der Waals surface area contributed by atoms with Gasteiger partial charge in [0.2, 0.25) is 11.7 Å². The molecule has 159 valence electrons. The molecule has 0 unspecified atom stereocenters. The number of fused-ring (bicyclic) bond motifs is 3. The molecular formula is C23H16F5N2O. The number of amides is 1. The lowest BCUT2D eigenvalue weighted by molar-refractivity contribution is 0.100. The molecule has 8 heteroatoms. The molecule has 0 aliphatic heterocycles. The number of nitrogens with zero attached hydrogens (tertiary/aromatic N) is 1. The molecule has 0 saturated heterocycles. The minimum Gasteiger partial charge on any atom is -0.366 e. The van der Waals surface area contributed by atoms with E-state index in [-0.39, 0.29) is 5.56 Å². The predicted octanol–water partition coefficient (Wildman–Crippen LogP) is 5.39. The van der Waals surface area contributed by atoms with E-state index >= 15 is 0 Å². The first-order valence-corrected chi connectivity index (χ1v) is 9.51. The minimum atomic E-state index is -2.21. The summed E-state index contributed by atoms with van der Waals surface area (Å²) in [5, 5.41) is 0.866. The number of halogens is 5. The van der Waals surface area contributed by atoms with Gasteiger partial charge in [-0.3, -0.25) is 4.79 Å². The Hall–Kier alpha value is -3.42. The second-order valence-electron chi connectivity index (χ2n) is 7.22. The van der Waals surface area contributed by atoms with Gasteiger partial charge in [0.15, 0.2) is 23.3 Å². The number of aromatic nitrogens is 1. The van der Waals surface area contributed by atoms with E-state index in [4.69, 9.17) is 5.73 Å². The van der Waals surface area contributed by atoms with Crippen molar-refractivity contribution in [3.8, 4) is 0 Å². The number of rotatable bonds is 5. The average molecular weight is 431 g/mol. The predicted molar refractivity (Wildman–Crippen MR) is 106 cm³/mol. The van der Waals surface area contributed by atoms with E-state index in [1.165, 1.54) is 16.7 Å². The molecule has 3 aromatic carbocycles. The van der Waals surface area contributed by atoms with Crippen molar-refractivity contribution in [2.75, 3.05) is 0 Å². The van der Waals surface area contributed by atoms with Gasteiger partial charge in [-0.15, -0.1) is 0 Å². The molecule has 4 rings (SSSR count). The van der Waals surface area contributed by atoms with Crippen LogP contribution in [-0.4, -0.2) is 10.5 Å². The van der Waals surface area contributed by atoms with E-state index in [1.807, 2.05) is 6.92 Å². The van der Waals surface area contributed by atoms with Gasteiger partial charge in [-0.05, 0) is 36.2 Å². The highest BCUT2D eigenvalue weighted by atomic mass is 19.2. The smallest absolute Gasteiger partial charge is 0.249 e. The fourth-order valence-electron chi connectivity index (χ4n) is 3.85. The molecule has 0 aliphatic carbocycles. The average Bonchev–Trinajstić information content (AvgIpc) is 3.07. The van der Waals surface area contributed by atoms with Crippen molar-refractivity contribution in [1.29, 1.82) is 0 Å². The van der Waals surface area contributed by atoms with Crippen LogP contribution in [-0.2, 0) is 13.0 Å². The maximum absolute atomic E-state index is 14.4. The molecule has 1 heterocycles. The maximum atomic E-state index is 14.4. The molecule has 3 nitrogen and oxygen atoms in total. The molecule has 31 heavy (non-hydrogen) atoms. The number of nitrogens with two attached hydrogens (primary N) is 1. The lowest BCUT2D eigenvalue weighted by atomic mass is 10.0. The molecular weight excluding hydrogens is 415 g/mol. The summed E-state index contributed by atoms with van der Waals surface area (Å²) in [6, 6.07) is 11.2. The number of carbonyl (C=O) groups is 1. The monoisotopic (exact) mass is 431 g/mol. The molecule has 0 saturated carbocycles. The molecule has 0 atom stereocenters. The summed E-state index contributed by atoms with van der Waals surface area (Å²) in [5.74, 6) is -10.7. The van der Waals surface area contributed by atoms with Gasteiger partial charge in [0.25, 0.3) is 0 Å². The highest BCUT2D eigenvalue weighted by Gasteiger charge is 2.27. The van der Waals surface area contributed by atoms with Gasteiger partial charge in [0, 0.05) is 21.9 Å². The van der Waals surface area contributed by atoms with Gasteiger partial charge in [0.05, 0.1) is 17.6 Å². The Morgan fingerprint density at radius 1 is 1.00 bits per heavy atom. The Morgan fingerprint density at radius 2 is 1.65 bits per heavy atom.